The SMILES string of the molecule is CCOCC(C)(C#N)NCc1ccccc1. The molecule has 0 radical (unpaired) electrons. The molecule has 0 aliphatic heterocycles. The van der Waals surface area contributed by atoms with Crippen LogP contribution in [0.25, 0.3) is 0 Å². The van der Waals surface area contributed by atoms with Crippen molar-refractivity contribution in [3.8, 4) is 6.07 Å². The zero-order chi connectivity index (χ0) is 11.9. The minimum Gasteiger partial charge on any atom is -0.379 e. The molecule has 1 N–H and O–H groups in total. The Hall–Kier alpha value is -1.37. The number of ether oxygens (including phenoxy) is 1. The number of nitriles is 1. The Balaban J connectivity index is 2.49. The molecule has 0 saturated carbocycles. The van der Waals surface area contributed by atoms with Gasteiger partial charge < -0.3 is 4.74 Å². The standard InChI is InChI=1S/C13H18N2O/c1-3-16-11-13(2,10-14)15-9-12-7-5-4-6-8-12/h4-8,15H,3,9,11H2,1-2H3. The van der Waals surface area contributed by atoms with Crippen LogP contribution in [0.4, 0.5) is 0 Å². The fourth-order valence-corrected chi connectivity index (χ4v) is 1.32. The van der Waals surface area contributed by atoms with Gasteiger partial charge in [0.05, 0.1) is 12.7 Å². The quantitative estimate of drug-likeness (QED) is 0.795. The molecule has 0 aliphatic rings. The van der Waals surface area contributed by atoms with Gasteiger partial charge in [-0.2, -0.15) is 5.26 Å². The van der Waals surface area contributed by atoms with Crippen molar-refractivity contribution in [2.75, 3.05) is 13.2 Å². The Morgan fingerprint density at radius 1 is 1.38 bits per heavy atom. The van der Waals surface area contributed by atoms with Gasteiger partial charge in [-0.1, -0.05) is 30.3 Å². The number of nitrogens with one attached hydrogen (secondary N) is 1. The first-order valence-electron chi connectivity index (χ1n) is 5.48. The van der Waals surface area contributed by atoms with Gasteiger partial charge >= 0.3 is 0 Å². The number of rotatable bonds is 6. The summed E-state index contributed by atoms with van der Waals surface area (Å²) in [6, 6.07) is 12.3. The topological polar surface area (TPSA) is 45.0 Å². The summed E-state index contributed by atoms with van der Waals surface area (Å²) >= 11 is 0. The maximum absolute atomic E-state index is 9.10. The summed E-state index contributed by atoms with van der Waals surface area (Å²) < 4.78 is 5.29. The lowest BCUT2D eigenvalue weighted by Crippen LogP contribution is -2.44. The van der Waals surface area contributed by atoms with Crippen molar-refractivity contribution >= 4 is 0 Å². The molecular formula is C13H18N2O. The van der Waals surface area contributed by atoms with Crippen molar-refractivity contribution in [2.24, 2.45) is 0 Å². The predicted molar refractivity (Wildman–Crippen MR) is 63.8 cm³/mol. The van der Waals surface area contributed by atoms with Gasteiger partial charge in [0.25, 0.3) is 0 Å². The third kappa shape index (κ3) is 4.01. The molecule has 3 nitrogen and oxygen atoms in total. The van der Waals surface area contributed by atoms with Crippen molar-refractivity contribution in [1.82, 2.24) is 5.32 Å². The van der Waals surface area contributed by atoms with Crippen molar-refractivity contribution in [1.29, 1.82) is 5.26 Å². The van der Waals surface area contributed by atoms with Crippen LogP contribution in [-0.4, -0.2) is 18.8 Å². The van der Waals surface area contributed by atoms with Gasteiger partial charge in [-0.15, -0.1) is 0 Å². The second-order valence-corrected chi connectivity index (χ2v) is 3.92. The molecule has 3 heteroatoms. The first kappa shape index (κ1) is 12.7. The normalized spacial score (nSPS) is 14.1. The van der Waals surface area contributed by atoms with E-state index in [1.54, 1.807) is 0 Å². The van der Waals surface area contributed by atoms with Crippen molar-refractivity contribution in [2.45, 2.75) is 25.9 Å². The van der Waals surface area contributed by atoms with Crippen LogP contribution in [0.1, 0.15) is 19.4 Å². The summed E-state index contributed by atoms with van der Waals surface area (Å²) in [6.45, 7) is 5.50. The molecule has 1 aromatic carbocycles. The lowest BCUT2D eigenvalue weighted by atomic mass is 10.1. The number of benzene rings is 1. The molecule has 0 aliphatic carbocycles. The molecule has 0 bridgehead atoms. The van der Waals surface area contributed by atoms with Crippen molar-refractivity contribution < 1.29 is 4.74 Å². The Morgan fingerprint density at radius 2 is 2.06 bits per heavy atom. The minimum absolute atomic E-state index is 0.410. The Bertz CT molecular complexity index is 345. The van der Waals surface area contributed by atoms with Gasteiger partial charge in [0.2, 0.25) is 0 Å². The Kier molecular flexibility index (Phi) is 4.97. The molecule has 0 heterocycles. The van der Waals surface area contributed by atoms with E-state index >= 15 is 0 Å². The third-order valence-corrected chi connectivity index (χ3v) is 2.37. The first-order chi connectivity index (χ1) is 7.70. The van der Waals surface area contributed by atoms with Crippen LogP contribution >= 0.6 is 0 Å². The molecule has 16 heavy (non-hydrogen) atoms. The molecular weight excluding hydrogens is 200 g/mol. The second kappa shape index (κ2) is 6.26. The maximum atomic E-state index is 9.10. The second-order valence-electron chi connectivity index (χ2n) is 3.92. The van der Waals surface area contributed by atoms with Gasteiger partial charge in [0, 0.05) is 13.2 Å². The van der Waals surface area contributed by atoms with Gasteiger partial charge in [0.15, 0.2) is 0 Å². The van der Waals surface area contributed by atoms with Crippen LogP contribution in [0.5, 0.6) is 0 Å². The molecule has 0 saturated heterocycles. The van der Waals surface area contributed by atoms with E-state index in [2.05, 4.69) is 11.4 Å². The predicted octanol–water partition coefficient (Wildman–Crippen LogP) is 2.09. The summed E-state index contributed by atoms with van der Waals surface area (Å²) in [5, 5.41) is 12.3. The van der Waals surface area contributed by atoms with E-state index in [1.165, 1.54) is 5.56 Å². The summed E-state index contributed by atoms with van der Waals surface area (Å²) in [7, 11) is 0. The van der Waals surface area contributed by atoms with E-state index in [4.69, 9.17) is 10.00 Å². The molecule has 0 amide bonds. The van der Waals surface area contributed by atoms with Crippen LogP contribution in [0.15, 0.2) is 30.3 Å². The van der Waals surface area contributed by atoms with Crippen molar-refractivity contribution in [3.63, 3.8) is 0 Å². The monoisotopic (exact) mass is 218 g/mol. The van der Waals surface area contributed by atoms with E-state index in [1.807, 2.05) is 44.2 Å². The van der Waals surface area contributed by atoms with E-state index in [0.717, 1.165) is 0 Å². The van der Waals surface area contributed by atoms with E-state index in [-0.39, 0.29) is 0 Å². The average molecular weight is 218 g/mol. The highest BCUT2D eigenvalue weighted by atomic mass is 16.5. The van der Waals surface area contributed by atoms with Crippen LogP contribution < -0.4 is 5.32 Å². The van der Waals surface area contributed by atoms with Crippen LogP contribution in [0.3, 0.4) is 0 Å². The molecule has 1 unspecified atom stereocenters. The van der Waals surface area contributed by atoms with Crippen molar-refractivity contribution in [3.05, 3.63) is 35.9 Å². The lowest BCUT2D eigenvalue weighted by molar-refractivity contribution is 0.105. The third-order valence-electron chi connectivity index (χ3n) is 2.37. The van der Waals surface area contributed by atoms with E-state index in [0.29, 0.717) is 19.8 Å². The van der Waals surface area contributed by atoms with Crippen LogP contribution in [-0.2, 0) is 11.3 Å². The largest absolute Gasteiger partial charge is 0.379 e. The highest BCUT2D eigenvalue weighted by molar-refractivity contribution is 5.16. The Morgan fingerprint density at radius 3 is 2.62 bits per heavy atom. The fourth-order valence-electron chi connectivity index (χ4n) is 1.32. The molecule has 0 aromatic heterocycles. The summed E-state index contributed by atoms with van der Waals surface area (Å²) in [5.74, 6) is 0. The zero-order valence-corrected chi connectivity index (χ0v) is 9.86. The maximum Gasteiger partial charge on any atom is 0.127 e. The summed E-state index contributed by atoms with van der Waals surface area (Å²) in [4.78, 5) is 0. The highest BCUT2D eigenvalue weighted by Crippen LogP contribution is 2.06. The zero-order valence-electron chi connectivity index (χ0n) is 9.86. The highest BCUT2D eigenvalue weighted by Gasteiger charge is 2.22. The van der Waals surface area contributed by atoms with Gasteiger partial charge in [-0.25, -0.2) is 0 Å². The van der Waals surface area contributed by atoms with Gasteiger partial charge in [0.1, 0.15) is 5.54 Å². The van der Waals surface area contributed by atoms with E-state index < -0.39 is 5.54 Å². The van der Waals surface area contributed by atoms with Gasteiger partial charge in [-0.05, 0) is 19.4 Å². The summed E-state index contributed by atoms with van der Waals surface area (Å²) in [5.41, 5.74) is 0.548. The number of hydrogen-bond donors (Lipinski definition) is 1. The van der Waals surface area contributed by atoms with Crippen LogP contribution in [0.2, 0.25) is 0 Å². The summed E-state index contributed by atoms with van der Waals surface area (Å²) in [6.07, 6.45) is 0. The molecule has 1 rings (SSSR count). The molecule has 86 valence electrons. The average Bonchev–Trinajstić information content (AvgIpc) is 2.35. The van der Waals surface area contributed by atoms with E-state index in [9.17, 15) is 0 Å². The molecule has 0 fully saturated rings. The molecule has 1 aromatic rings. The number of nitrogens with zero attached hydrogens (tertiary/aromatic N) is 1. The van der Waals surface area contributed by atoms with Gasteiger partial charge in [-0.3, -0.25) is 5.32 Å². The molecule has 0 spiro atoms. The van der Waals surface area contributed by atoms with Crippen LogP contribution in [0, 0.1) is 11.3 Å². The molecule has 1 atom stereocenters. The minimum atomic E-state index is -0.619. The smallest absolute Gasteiger partial charge is 0.127 e. The number of hydrogen-bond acceptors (Lipinski definition) is 3. The lowest BCUT2D eigenvalue weighted by Gasteiger charge is -2.22. The first-order valence-corrected chi connectivity index (χ1v) is 5.48. The Labute approximate surface area is 97.0 Å². The fraction of sp³-hybridized carbons (Fsp3) is 0.462.